The van der Waals surface area contributed by atoms with Gasteiger partial charge in [0, 0.05) is 19.6 Å². The Labute approximate surface area is 176 Å². The fourth-order valence-corrected chi connectivity index (χ4v) is 4.13. The second-order valence-electron chi connectivity index (χ2n) is 7.44. The number of likely N-dealkylation sites (tertiary alicyclic amines) is 1. The lowest BCUT2D eigenvalue weighted by atomic mass is 10.0. The predicted octanol–water partition coefficient (Wildman–Crippen LogP) is 3.25. The highest BCUT2D eigenvalue weighted by molar-refractivity contribution is 6.42. The van der Waals surface area contributed by atoms with Gasteiger partial charge in [-0.1, -0.05) is 41.8 Å². The lowest BCUT2D eigenvalue weighted by Gasteiger charge is -2.35. The third-order valence-electron chi connectivity index (χ3n) is 5.38. The Bertz CT molecular complexity index is 732. The van der Waals surface area contributed by atoms with Crippen molar-refractivity contribution in [2.24, 2.45) is 0 Å². The van der Waals surface area contributed by atoms with Crippen molar-refractivity contribution >= 4 is 41.0 Å². The van der Waals surface area contributed by atoms with Crippen molar-refractivity contribution in [3.8, 4) is 0 Å². The summed E-state index contributed by atoms with van der Waals surface area (Å²) in [6.07, 6.45) is 7.68. The van der Waals surface area contributed by atoms with E-state index in [0.717, 1.165) is 51.0 Å². The molecule has 2 heterocycles. The van der Waals surface area contributed by atoms with Crippen molar-refractivity contribution in [3.05, 3.63) is 39.9 Å². The van der Waals surface area contributed by atoms with E-state index in [1.165, 1.54) is 6.42 Å². The summed E-state index contributed by atoms with van der Waals surface area (Å²) in [6.45, 7) is 4.60. The normalized spacial score (nSPS) is 20.3. The molecule has 2 fully saturated rings. The van der Waals surface area contributed by atoms with E-state index in [2.05, 4.69) is 15.1 Å². The van der Waals surface area contributed by atoms with Crippen LogP contribution in [-0.2, 0) is 9.59 Å². The lowest BCUT2D eigenvalue weighted by Crippen LogP contribution is -2.50. The first kappa shape index (κ1) is 21.3. The summed E-state index contributed by atoms with van der Waals surface area (Å²) in [5.41, 5.74) is 0.854. The molecule has 0 bridgehead atoms. The maximum Gasteiger partial charge on any atom is 0.234 e. The highest BCUT2D eigenvalue weighted by atomic mass is 35.5. The first-order chi connectivity index (χ1) is 13.5. The van der Waals surface area contributed by atoms with Gasteiger partial charge in [0.1, 0.15) is 0 Å². The van der Waals surface area contributed by atoms with E-state index in [9.17, 15) is 9.59 Å². The summed E-state index contributed by atoms with van der Waals surface area (Å²) < 4.78 is 0. The number of hydrogen-bond acceptors (Lipinski definition) is 4. The Morgan fingerprint density at radius 3 is 2.64 bits per heavy atom. The summed E-state index contributed by atoms with van der Waals surface area (Å²) in [5, 5.41) is 3.82. The maximum atomic E-state index is 13.0. The minimum absolute atomic E-state index is 0.0617. The smallest absolute Gasteiger partial charge is 0.234 e. The molecule has 28 heavy (non-hydrogen) atoms. The molecule has 152 valence electrons. The molecular weight excluding hydrogens is 397 g/mol. The van der Waals surface area contributed by atoms with Crippen LogP contribution in [0.25, 0.3) is 6.08 Å². The minimum Gasteiger partial charge on any atom is -0.354 e. The number of carbonyl (C=O) groups is 2. The van der Waals surface area contributed by atoms with Crippen LogP contribution in [-0.4, -0.2) is 66.8 Å². The lowest BCUT2D eigenvalue weighted by molar-refractivity contribution is -0.124. The fraction of sp³-hybridized carbons (Fsp3) is 0.524. The summed E-state index contributed by atoms with van der Waals surface area (Å²) in [7, 11) is 0. The molecule has 0 radical (unpaired) electrons. The number of rotatable bonds is 7. The number of piperidine rings is 1. The second kappa shape index (κ2) is 10.4. The van der Waals surface area contributed by atoms with Gasteiger partial charge >= 0.3 is 0 Å². The van der Waals surface area contributed by atoms with Crippen LogP contribution < -0.4 is 5.32 Å². The van der Waals surface area contributed by atoms with Gasteiger partial charge in [-0.25, -0.2) is 0 Å². The zero-order chi connectivity index (χ0) is 19.9. The average molecular weight is 424 g/mol. The predicted molar refractivity (Wildman–Crippen MR) is 114 cm³/mol. The van der Waals surface area contributed by atoms with Gasteiger partial charge in [0.25, 0.3) is 0 Å². The van der Waals surface area contributed by atoms with E-state index in [0.29, 0.717) is 23.1 Å². The number of piperazine rings is 1. The summed E-state index contributed by atoms with van der Waals surface area (Å²) in [4.78, 5) is 29.1. The molecule has 0 saturated carbocycles. The number of ketones is 1. The topological polar surface area (TPSA) is 52.7 Å². The SMILES string of the molecule is O=C1CN(CCC(C(=O)/C=C/c2ccc(Cl)c(Cl)c2)N2CCCCC2)CCN1. The number of nitrogens with one attached hydrogen (secondary N) is 1. The van der Waals surface area contributed by atoms with Crippen LogP contribution in [0, 0.1) is 0 Å². The number of halogens is 2. The fourth-order valence-electron chi connectivity index (χ4n) is 3.83. The van der Waals surface area contributed by atoms with Crippen molar-refractivity contribution in [1.29, 1.82) is 0 Å². The van der Waals surface area contributed by atoms with Crippen LogP contribution in [0.5, 0.6) is 0 Å². The van der Waals surface area contributed by atoms with Crippen molar-refractivity contribution in [2.75, 3.05) is 39.3 Å². The number of carbonyl (C=O) groups excluding carboxylic acids is 2. The molecule has 1 atom stereocenters. The molecule has 0 aliphatic carbocycles. The van der Waals surface area contributed by atoms with Crippen LogP contribution in [0.4, 0.5) is 0 Å². The molecule has 7 heteroatoms. The van der Waals surface area contributed by atoms with Gasteiger partial charge in [-0.15, -0.1) is 0 Å². The van der Waals surface area contributed by atoms with Crippen LogP contribution in [0.3, 0.4) is 0 Å². The van der Waals surface area contributed by atoms with Crippen LogP contribution in [0.1, 0.15) is 31.2 Å². The van der Waals surface area contributed by atoms with E-state index < -0.39 is 0 Å². The number of hydrogen-bond donors (Lipinski definition) is 1. The van der Waals surface area contributed by atoms with Gasteiger partial charge in [-0.3, -0.25) is 19.4 Å². The molecule has 0 aromatic heterocycles. The highest BCUT2D eigenvalue weighted by Gasteiger charge is 2.27. The van der Waals surface area contributed by atoms with Crippen molar-refractivity contribution < 1.29 is 9.59 Å². The Balaban J connectivity index is 1.66. The molecule has 1 aromatic rings. The monoisotopic (exact) mass is 423 g/mol. The maximum absolute atomic E-state index is 13.0. The molecule has 1 N–H and O–H groups in total. The highest BCUT2D eigenvalue weighted by Crippen LogP contribution is 2.23. The molecule has 0 spiro atoms. The minimum atomic E-state index is -0.149. The standard InChI is InChI=1S/C21H27Cl2N3O2/c22-17-6-4-16(14-18(17)23)5-7-20(27)19(26-10-2-1-3-11-26)8-12-25-13-9-24-21(28)15-25/h4-7,14,19H,1-3,8-13,15H2,(H,24,28)/b7-5+. The van der Waals surface area contributed by atoms with Crippen molar-refractivity contribution in [1.82, 2.24) is 15.1 Å². The average Bonchev–Trinajstić information content (AvgIpc) is 2.70. The third kappa shape index (κ3) is 6.05. The molecule has 1 unspecified atom stereocenters. The molecular formula is C21H27Cl2N3O2. The van der Waals surface area contributed by atoms with Gasteiger partial charge in [0.15, 0.2) is 5.78 Å². The second-order valence-corrected chi connectivity index (χ2v) is 8.25. The molecule has 1 aromatic carbocycles. The van der Waals surface area contributed by atoms with Crippen LogP contribution in [0.2, 0.25) is 10.0 Å². The van der Waals surface area contributed by atoms with Gasteiger partial charge in [-0.05, 0) is 56.1 Å². The largest absolute Gasteiger partial charge is 0.354 e. The first-order valence-corrected chi connectivity index (χ1v) is 10.7. The molecule has 2 aliphatic rings. The molecule has 5 nitrogen and oxygen atoms in total. The number of amides is 1. The zero-order valence-corrected chi connectivity index (χ0v) is 17.5. The summed E-state index contributed by atoms with van der Waals surface area (Å²) in [6, 6.07) is 5.19. The van der Waals surface area contributed by atoms with Gasteiger partial charge in [0.05, 0.1) is 22.6 Å². The molecule has 2 saturated heterocycles. The molecule has 3 rings (SSSR count). The molecule has 1 amide bonds. The zero-order valence-electron chi connectivity index (χ0n) is 16.0. The number of nitrogens with zero attached hydrogens (tertiary/aromatic N) is 2. The van der Waals surface area contributed by atoms with Gasteiger partial charge < -0.3 is 5.32 Å². The summed E-state index contributed by atoms with van der Waals surface area (Å²) in [5.74, 6) is 0.168. The molecule has 2 aliphatic heterocycles. The van der Waals surface area contributed by atoms with Crippen molar-refractivity contribution in [2.45, 2.75) is 31.7 Å². The van der Waals surface area contributed by atoms with E-state index in [4.69, 9.17) is 23.2 Å². The third-order valence-corrected chi connectivity index (χ3v) is 6.12. The van der Waals surface area contributed by atoms with Gasteiger partial charge in [0.2, 0.25) is 5.91 Å². The van der Waals surface area contributed by atoms with E-state index in [1.54, 1.807) is 24.3 Å². The Morgan fingerprint density at radius 2 is 1.93 bits per heavy atom. The first-order valence-electron chi connectivity index (χ1n) is 9.93. The van der Waals surface area contributed by atoms with E-state index in [1.807, 2.05) is 6.07 Å². The Morgan fingerprint density at radius 1 is 1.14 bits per heavy atom. The van der Waals surface area contributed by atoms with Crippen molar-refractivity contribution in [3.63, 3.8) is 0 Å². The van der Waals surface area contributed by atoms with E-state index in [-0.39, 0.29) is 17.7 Å². The number of benzene rings is 1. The van der Waals surface area contributed by atoms with E-state index >= 15 is 0 Å². The Kier molecular flexibility index (Phi) is 7.91. The summed E-state index contributed by atoms with van der Waals surface area (Å²) >= 11 is 12.0. The van der Waals surface area contributed by atoms with Gasteiger partial charge in [-0.2, -0.15) is 0 Å². The quantitative estimate of drug-likeness (QED) is 0.683. The van der Waals surface area contributed by atoms with Crippen LogP contribution in [0.15, 0.2) is 24.3 Å². The van der Waals surface area contributed by atoms with Crippen LogP contribution >= 0.6 is 23.2 Å². The Hall–Kier alpha value is -1.40.